The van der Waals surface area contributed by atoms with E-state index < -0.39 is 0 Å². The van der Waals surface area contributed by atoms with E-state index in [1.54, 1.807) is 23.2 Å². The molecule has 1 aliphatic carbocycles. The van der Waals surface area contributed by atoms with Gasteiger partial charge in [-0.3, -0.25) is 9.69 Å². The molecule has 0 spiro atoms. The Hall–Kier alpha value is -2.77. The lowest BCUT2D eigenvalue weighted by atomic mass is 9.99. The second-order valence-electron chi connectivity index (χ2n) is 9.61. The van der Waals surface area contributed by atoms with Crippen molar-refractivity contribution in [3.05, 3.63) is 65.1 Å². The molecule has 1 aliphatic heterocycles. The van der Waals surface area contributed by atoms with Gasteiger partial charge in [-0.2, -0.15) is 0 Å². The maximum absolute atomic E-state index is 14.2. The van der Waals surface area contributed by atoms with Crippen molar-refractivity contribution in [2.45, 2.75) is 51.8 Å². The third kappa shape index (κ3) is 5.31. The summed E-state index contributed by atoms with van der Waals surface area (Å²) in [5.41, 5.74) is 3.22. The smallest absolute Gasteiger partial charge is 0.259 e. The van der Waals surface area contributed by atoms with Crippen molar-refractivity contribution < 1.29 is 19.0 Å². The molecule has 3 atom stereocenters. The van der Waals surface area contributed by atoms with Gasteiger partial charge in [-0.25, -0.2) is 9.37 Å². The van der Waals surface area contributed by atoms with Gasteiger partial charge >= 0.3 is 0 Å². The molecule has 0 bridgehead atoms. The fourth-order valence-electron chi connectivity index (χ4n) is 4.72. The highest BCUT2D eigenvalue weighted by atomic mass is 19.1. The van der Waals surface area contributed by atoms with E-state index in [1.807, 2.05) is 37.9 Å². The Morgan fingerprint density at radius 3 is 2.85 bits per heavy atom. The van der Waals surface area contributed by atoms with Crippen LogP contribution in [0.15, 0.2) is 42.6 Å². The lowest BCUT2D eigenvalue weighted by Crippen LogP contribution is -2.49. The number of ether oxygens (including phenoxy) is 1. The molecule has 2 aliphatic rings. The third-order valence-corrected chi connectivity index (χ3v) is 6.82. The minimum atomic E-state index is -0.327. The number of carbonyl (C=O) groups is 1. The van der Waals surface area contributed by atoms with Crippen molar-refractivity contribution in [1.82, 2.24) is 14.8 Å². The monoisotopic (exact) mass is 467 g/mol. The molecule has 1 aromatic carbocycles. The van der Waals surface area contributed by atoms with Gasteiger partial charge in [0.25, 0.3) is 5.91 Å². The highest BCUT2D eigenvalue weighted by Crippen LogP contribution is 2.32. The number of aliphatic hydroxyl groups excluding tert-OH is 1. The number of rotatable bonds is 7. The summed E-state index contributed by atoms with van der Waals surface area (Å²) in [5, 5.41) is 9.84. The average Bonchev–Trinajstić information content (AvgIpc) is 3.37. The van der Waals surface area contributed by atoms with Crippen LogP contribution >= 0.6 is 0 Å². The van der Waals surface area contributed by atoms with E-state index in [4.69, 9.17) is 4.74 Å². The van der Waals surface area contributed by atoms with Crippen molar-refractivity contribution in [2.75, 3.05) is 26.7 Å². The maximum atomic E-state index is 14.2. The number of hydrogen-bond donors (Lipinski definition) is 1. The number of nitrogens with zero attached hydrogens (tertiary/aromatic N) is 3. The van der Waals surface area contributed by atoms with Gasteiger partial charge < -0.3 is 14.7 Å². The van der Waals surface area contributed by atoms with Crippen molar-refractivity contribution in [2.24, 2.45) is 5.92 Å². The highest BCUT2D eigenvalue weighted by molar-refractivity contribution is 5.97. The minimum Gasteiger partial charge on any atom is -0.472 e. The Morgan fingerprint density at radius 2 is 2.15 bits per heavy atom. The van der Waals surface area contributed by atoms with Gasteiger partial charge in [0.1, 0.15) is 17.5 Å². The van der Waals surface area contributed by atoms with Gasteiger partial charge in [-0.05, 0) is 56.5 Å². The van der Waals surface area contributed by atoms with Crippen molar-refractivity contribution >= 4 is 11.5 Å². The minimum absolute atomic E-state index is 0.0202. The quantitative estimate of drug-likeness (QED) is 0.663. The number of likely N-dealkylation sites (N-methyl/N-ethyl adjacent to an activating group) is 1. The number of amides is 1. The van der Waals surface area contributed by atoms with Crippen LogP contribution in [0.4, 0.5) is 4.39 Å². The summed E-state index contributed by atoms with van der Waals surface area (Å²) in [6.45, 7) is 5.20. The molecule has 7 heteroatoms. The average molecular weight is 468 g/mol. The van der Waals surface area contributed by atoms with Gasteiger partial charge in [-0.1, -0.05) is 31.2 Å². The Morgan fingerprint density at radius 1 is 1.35 bits per heavy atom. The van der Waals surface area contributed by atoms with Crippen LogP contribution in [0.2, 0.25) is 0 Å². The molecule has 0 unspecified atom stereocenters. The number of carbonyl (C=O) groups excluding carboxylic acids is 1. The molecule has 34 heavy (non-hydrogen) atoms. The van der Waals surface area contributed by atoms with Crippen LogP contribution in [0.5, 0.6) is 5.88 Å². The van der Waals surface area contributed by atoms with Gasteiger partial charge in [0.15, 0.2) is 0 Å². The normalized spacial score (nSPS) is 21.5. The molecule has 0 saturated heterocycles. The fourth-order valence-corrected chi connectivity index (χ4v) is 4.72. The van der Waals surface area contributed by atoms with Crippen molar-refractivity contribution in [1.29, 1.82) is 0 Å². The van der Waals surface area contributed by atoms with Crippen LogP contribution in [-0.4, -0.2) is 64.7 Å². The molecular formula is C27H34FN3O3. The van der Waals surface area contributed by atoms with Crippen molar-refractivity contribution in [3.8, 4) is 5.88 Å². The largest absolute Gasteiger partial charge is 0.472 e. The number of pyridine rings is 1. The fraction of sp³-hybridized carbons (Fsp3) is 0.481. The molecule has 0 saturated carbocycles. The Kier molecular flexibility index (Phi) is 7.63. The molecule has 1 N–H and O–H groups in total. The standard InChI is InChI=1S/C27H34FN3O3/c1-18-14-31(19(2)17-32)27(33)23-12-22(20-8-4-5-9-20)13-29-26(23)34-25(18)16-30(3)15-21-10-6-7-11-24(21)28/h6-8,10-13,18-19,25,32H,4-5,9,14-17H2,1-3H3/t18-,19+,25-/m1/s1. The molecule has 182 valence electrons. The Bertz CT molecular complexity index is 1060. The molecule has 0 fully saturated rings. The number of aliphatic hydroxyl groups is 1. The Balaban J connectivity index is 1.62. The summed E-state index contributed by atoms with van der Waals surface area (Å²) in [5.74, 6) is -0.101. The maximum Gasteiger partial charge on any atom is 0.259 e. The zero-order chi connectivity index (χ0) is 24.2. The molecule has 2 heterocycles. The number of benzene rings is 1. The summed E-state index contributed by atoms with van der Waals surface area (Å²) in [7, 11) is 1.94. The first-order valence-electron chi connectivity index (χ1n) is 12.1. The predicted octanol–water partition coefficient (Wildman–Crippen LogP) is 4.14. The predicted molar refractivity (Wildman–Crippen MR) is 130 cm³/mol. The summed E-state index contributed by atoms with van der Waals surface area (Å²) >= 11 is 0. The van der Waals surface area contributed by atoms with E-state index in [-0.39, 0.29) is 36.4 Å². The van der Waals surface area contributed by atoms with Crippen LogP contribution in [0.3, 0.4) is 0 Å². The Labute approximate surface area is 201 Å². The van der Waals surface area contributed by atoms with Gasteiger partial charge in [0, 0.05) is 37.3 Å². The van der Waals surface area contributed by atoms with E-state index >= 15 is 0 Å². The van der Waals surface area contributed by atoms with Gasteiger partial charge in [-0.15, -0.1) is 0 Å². The molecule has 0 radical (unpaired) electrons. The zero-order valence-electron chi connectivity index (χ0n) is 20.2. The van der Waals surface area contributed by atoms with Crippen LogP contribution in [0, 0.1) is 11.7 Å². The molecule has 6 nitrogen and oxygen atoms in total. The van der Waals surface area contributed by atoms with Crippen LogP contribution in [0.25, 0.3) is 5.57 Å². The van der Waals surface area contributed by atoms with Crippen LogP contribution in [0.1, 0.15) is 54.6 Å². The lowest BCUT2D eigenvalue weighted by Gasteiger charge is -2.37. The third-order valence-electron chi connectivity index (χ3n) is 6.82. The summed E-state index contributed by atoms with van der Waals surface area (Å²) < 4.78 is 20.5. The first kappa shape index (κ1) is 24.4. The second-order valence-corrected chi connectivity index (χ2v) is 9.61. The number of halogens is 1. The first-order valence-corrected chi connectivity index (χ1v) is 12.1. The van der Waals surface area contributed by atoms with E-state index in [9.17, 15) is 14.3 Å². The number of aromatic nitrogens is 1. The molecular weight excluding hydrogens is 433 g/mol. The van der Waals surface area contributed by atoms with Crippen molar-refractivity contribution in [3.63, 3.8) is 0 Å². The molecule has 1 aromatic heterocycles. The number of fused-ring (bicyclic) bond motifs is 1. The van der Waals surface area contributed by atoms with E-state index in [0.717, 1.165) is 24.8 Å². The van der Waals surface area contributed by atoms with E-state index in [0.29, 0.717) is 36.6 Å². The molecule has 1 amide bonds. The zero-order valence-corrected chi connectivity index (χ0v) is 20.2. The van der Waals surface area contributed by atoms with Crippen LogP contribution in [-0.2, 0) is 6.54 Å². The summed E-state index contributed by atoms with van der Waals surface area (Å²) in [6, 6.07) is 8.33. The summed E-state index contributed by atoms with van der Waals surface area (Å²) in [6.07, 6.45) is 6.86. The number of hydrogen-bond acceptors (Lipinski definition) is 5. The van der Waals surface area contributed by atoms with Crippen LogP contribution < -0.4 is 4.74 Å². The van der Waals surface area contributed by atoms with E-state index in [2.05, 4.69) is 11.1 Å². The SMILES string of the molecule is C[C@@H]1CN([C@@H](C)CO)C(=O)c2cc(C3=CCCC3)cnc2O[C@@H]1CN(C)Cc1ccccc1F. The number of allylic oxidation sites excluding steroid dienone is 2. The lowest BCUT2D eigenvalue weighted by molar-refractivity contribution is 0.0324. The first-order chi connectivity index (χ1) is 16.4. The van der Waals surface area contributed by atoms with Gasteiger partial charge in [0.2, 0.25) is 5.88 Å². The highest BCUT2D eigenvalue weighted by Gasteiger charge is 2.34. The second kappa shape index (κ2) is 10.7. The summed E-state index contributed by atoms with van der Waals surface area (Å²) in [4.78, 5) is 21.9. The molecule has 4 rings (SSSR count). The van der Waals surface area contributed by atoms with Gasteiger partial charge in [0.05, 0.1) is 12.6 Å². The topological polar surface area (TPSA) is 65.9 Å². The molecule has 2 aromatic rings. The van der Waals surface area contributed by atoms with E-state index in [1.165, 1.54) is 11.6 Å².